The van der Waals surface area contributed by atoms with Gasteiger partial charge in [-0.05, 0) is 39.0 Å². The molecule has 1 aliphatic carbocycles. The Morgan fingerprint density at radius 2 is 1.62 bits per heavy atom. The van der Waals surface area contributed by atoms with Crippen molar-refractivity contribution in [1.82, 2.24) is 0 Å². The van der Waals surface area contributed by atoms with Gasteiger partial charge in [-0.1, -0.05) is 26.7 Å². The molecule has 0 amide bonds. The van der Waals surface area contributed by atoms with E-state index in [1.165, 1.54) is 0 Å². The third-order valence-corrected chi connectivity index (χ3v) is 2.54. The summed E-state index contributed by atoms with van der Waals surface area (Å²) in [5.41, 5.74) is 0.326. The van der Waals surface area contributed by atoms with Crippen LogP contribution in [0.2, 0.25) is 0 Å². The van der Waals surface area contributed by atoms with Gasteiger partial charge < -0.3 is 4.74 Å². The third kappa shape index (κ3) is 5.56. The molecule has 0 bridgehead atoms. The highest BCUT2D eigenvalue weighted by atomic mass is 16.5. The highest BCUT2D eigenvalue weighted by Crippen LogP contribution is 2.32. The normalized spacial score (nSPS) is 25.6. The van der Waals surface area contributed by atoms with Gasteiger partial charge in [-0.3, -0.25) is 0 Å². The average Bonchev–Trinajstić information content (AvgIpc) is 1.94. The number of rotatable bonds is 1. The summed E-state index contributed by atoms with van der Waals surface area (Å²) in [5, 5.41) is 0. The molecule has 1 saturated carbocycles. The van der Waals surface area contributed by atoms with Gasteiger partial charge in [0.05, 0.1) is 11.7 Å². The zero-order valence-corrected chi connectivity index (χ0v) is 11.7. The molecule has 0 spiro atoms. The number of hydrogen-bond acceptors (Lipinski definition) is 1. The molecule has 1 heteroatoms. The summed E-state index contributed by atoms with van der Waals surface area (Å²) in [6.07, 6.45) is 3.67. The van der Waals surface area contributed by atoms with E-state index < -0.39 is 0 Å². The maximum Gasteiger partial charge on any atom is 0.0605 e. The van der Waals surface area contributed by atoms with E-state index in [1.807, 2.05) is 0 Å². The molecule has 92 valence electrons. The van der Waals surface area contributed by atoms with Crippen LogP contribution in [-0.2, 0) is 4.74 Å². The van der Waals surface area contributed by atoms with Crippen molar-refractivity contribution in [3.05, 3.63) is 0 Å². The zero-order valence-electron chi connectivity index (χ0n) is 11.7. The molecule has 0 N–H and O–H groups in total. The predicted molar refractivity (Wildman–Crippen MR) is 69.2 cm³/mol. The van der Waals surface area contributed by atoms with Crippen molar-refractivity contribution in [2.75, 3.05) is 0 Å². The molecule has 1 rings (SSSR count). The molecule has 0 aromatic rings. The first-order valence-electron chi connectivity index (χ1n) is 6.32. The molecule has 0 atom stereocenters. The molecule has 16 heavy (non-hydrogen) atoms. The molecular formula is C15H26O. The summed E-state index contributed by atoms with van der Waals surface area (Å²) in [5.74, 6) is 7.24. The fourth-order valence-corrected chi connectivity index (χ4v) is 1.74. The SMILES string of the molecule is CC(C)(C)CC#CC1CC(OC(C)(C)C)C1. The van der Waals surface area contributed by atoms with Gasteiger partial charge in [-0.15, -0.1) is 5.92 Å². The molecule has 0 radical (unpaired) electrons. The standard InChI is InChI=1S/C15H26O/c1-14(2,3)9-7-8-12-10-13(11-12)16-15(4,5)6/h12-13H,9-11H2,1-6H3. The van der Waals surface area contributed by atoms with Crippen molar-refractivity contribution in [3.63, 3.8) is 0 Å². The van der Waals surface area contributed by atoms with Crippen LogP contribution in [0.4, 0.5) is 0 Å². The summed E-state index contributed by atoms with van der Waals surface area (Å²) < 4.78 is 5.88. The molecule has 1 nitrogen and oxygen atoms in total. The first-order valence-corrected chi connectivity index (χ1v) is 6.32. The van der Waals surface area contributed by atoms with E-state index in [4.69, 9.17) is 4.74 Å². The number of hydrogen-bond donors (Lipinski definition) is 0. The lowest BCUT2D eigenvalue weighted by Gasteiger charge is -2.37. The maximum atomic E-state index is 5.88. The second-order valence-electron chi connectivity index (χ2n) is 7.08. The van der Waals surface area contributed by atoms with Gasteiger partial charge in [-0.25, -0.2) is 0 Å². The molecule has 0 heterocycles. The minimum atomic E-state index is -0.00548. The highest BCUT2D eigenvalue weighted by Gasteiger charge is 2.31. The van der Waals surface area contributed by atoms with E-state index in [9.17, 15) is 0 Å². The largest absolute Gasteiger partial charge is 0.373 e. The maximum absolute atomic E-state index is 5.88. The Bertz CT molecular complexity index is 273. The Kier molecular flexibility index (Phi) is 4.07. The molecule has 0 aliphatic heterocycles. The van der Waals surface area contributed by atoms with Crippen LogP contribution in [0.15, 0.2) is 0 Å². The topological polar surface area (TPSA) is 9.23 Å². The van der Waals surface area contributed by atoms with Gasteiger partial charge in [0.2, 0.25) is 0 Å². The van der Waals surface area contributed by atoms with E-state index >= 15 is 0 Å². The van der Waals surface area contributed by atoms with E-state index in [1.54, 1.807) is 0 Å². The van der Waals surface area contributed by atoms with Crippen molar-refractivity contribution >= 4 is 0 Å². The summed E-state index contributed by atoms with van der Waals surface area (Å²) in [7, 11) is 0. The average molecular weight is 222 g/mol. The summed E-state index contributed by atoms with van der Waals surface area (Å²) in [6, 6.07) is 0. The van der Waals surface area contributed by atoms with Gasteiger partial charge in [0, 0.05) is 12.3 Å². The third-order valence-electron chi connectivity index (χ3n) is 2.54. The number of ether oxygens (including phenoxy) is 1. The van der Waals surface area contributed by atoms with Crippen molar-refractivity contribution < 1.29 is 4.74 Å². The van der Waals surface area contributed by atoms with Crippen molar-refractivity contribution in [1.29, 1.82) is 0 Å². The highest BCUT2D eigenvalue weighted by molar-refractivity contribution is 5.09. The fourth-order valence-electron chi connectivity index (χ4n) is 1.74. The predicted octanol–water partition coefficient (Wildman–Crippen LogP) is 4.02. The lowest BCUT2D eigenvalue weighted by molar-refractivity contribution is -0.103. The quantitative estimate of drug-likeness (QED) is 0.609. The van der Waals surface area contributed by atoms with Gasteiger partial charge >= 0.3 is 0 Å². The first kappa shape index (κ1) is 13.6. The van der Waals surface area contributed by atoms with E-state index in [0.717, 1.165) is 19.3 Å². The lowest BCUT2D eigenvalue weighted by Crippen LogP contribution is -2.36. The summed E-state index contributed by atoms with van der Waals surface area (Å²) in [4.78, 5) is 0. The minimum absolute atomic E-state index is 0.00548. The van der Waals surface area contributed by atoms with Gasteiger partial charge in [0.15, 0.2) is 0 Å². The van der Waals surface area contributed by atoms with Crippen LogP contribution in [0.5, 0.6) is 0 Å². The Balaban J connectivity index is 2.22. The first-order chi connectivity index (χ1) is 7.16. The van der Waals surface area contributed by atoms with Gasteiger partial charge in [-0.2, -0.15) is 0 Å². The second-order valence-corrected chi connectivity index (χ2v) is 7.08. The molecular weight excluding hydrogens is 196 g/mol. The Labute approximate surface area is 101 Å². The Morgan fingerprint density at radius 1 is 1.06 bits per heavy atom. The molecule has 0 saturated heterocycles. The van der Waals surface area contributed by atoms with Crippen LogP contribution in [0.25, 0.3) is 0 Å². The minimum Gasteiger partial charge on any atom is -0.373 e. The fraction of sp³-hybridized carbons (Fsp3) is 0.867. The summed E-state index contributed by atoms with van der Waals surface area (Å²) in [6.45, 7) is 13.0. The van der Waals surface area contributed by atoms with Crippen LogP contribution in [-0.4, -0.2) is 11.7 Å². The Morgan fingerprint density at radius 3 is 2.06 bits per heavy atom. The molecule has 0 unspecified atom stereocenters. The van der Waals surface area contributed by atoms with Crippen molar-refractivity contribution in [2.45, 2.75) is 72.5 Å². The van der Waals surface area contributed by atoms with Gasteiger partial charge in [0.25, 0.3) is 0 Å². The molecule has 0 aromatic heterocycles. The second kappa shape index (κ2) is 4.80. The van der Waals surface area contributed by atoms with Crippen LogP contribution in [0.3, 0.4) is 0 Å². The van der Waals surface area contributed by atoms with Crippen molar-refractivity contribution in [2.24, 2.45) is 11.3 Å². The van der Waals surface area contributed by atoms with E-state index in [2.05, 4.69) is 53.4 Å². The van der Waals surface area contributed by atoms with E-state index in [0.29, 0.717) is 17.4 Å². The molecule has 0 aromatic carbocycles. The van der Waals surface area contributed by atoms with Gasteiger partial charge in [0.1, 0.15) is 0 Å². The van der Waals surface area contributed by atoms with Crippen LogP contribution >= 0.6 is 0 Å². The summed E-state index contributed by atoms with van der Waals surface area (Å²) >= 11 is 0. The monoisotopic (exact) mass is 222 g/mol. The Hall–Kier alpha value is -0.480. The van der Waals surface area contributed by atoms with E-state index in [-0.39, 0.29) is 5.60 Å². The molecule has 1 fully saturated rings. The molecule has 1 aliphatic rings. The van der Waals surface area contributed by atoms with Crippen LogP contribution in [0, 0.1) is 23.2 Å². The van der Waals surface area contributed by atoms with Crippen LogP contribution < -0.4 is 0 Å². The smallest absolute Gasteiger partial charge is 0.0605 e. The van der Waals surface area contributed by atoms with Crippen LogP contribution in [0.1, 0.15) is 60.8 Å². The lowest BCUT2D eigenvalue weighted by atomic mass is 9.82. The van der Waals surface area contributed by atoms with Crippen molar-refractivity contribution in [3.8, 4) is 11.8 Å². The zero-order chi connectivity index (χ0) is 12.4.